The number of nitrogens with zero attached hydrogens (tertiary/aromatic N) is 2. The number of hydrogen-bond donors (Lipinski definition) is 2. The van der Waals surface area contributed by atoms with E-state index in [2.05, 4.69) is 5.32 Å². The third kappa shape index (κ3) is 8.54. The lowest BCUT2D eigenvalue weighted by Gasteiger charge is -2.42. The second-order valence-corrected chi connectivity index (χ2v) is 15.4. The summed E-state index contributed by atoms with van der Waals surface area (Å²) in [5, 5.41) is 14.4. The van der Waals surface area contributed by atoms with E-state index in [1.165, 1.54) is 31.1 Å². The maximum Gasteiger partial charge on any atom is 0.409 e. The fourth-order valence-electron chi connectivity index (χ4n) is 6.71. The van der Waals surface area contributed by atoms with Crippen LogP contribution in [-0.4, -0.2) is 104 Å². The van der Waals surface area contributed by atoms with Crippen LogP contribution in [0.3, 0.4) is 0 Å². The molecule has 1 aromatic rings. The molecule has 3 heterocycles. The molecule has 0 saturated carbocycles. The molecule has 1 aromatic carbocycles. The first-order valence-electron chi connectivity index (χ1n) is 17.0. The van der Waals surface area contributed by atoms with E-state index in [1.54, 1.807) is 72.9 Å². The van der Waals surface area contributed by atoms with Crippen molar-refractivity contribution in [3.8, 4) is 5.75 Å². The average Bonchev–Trinajstić information content (AvgIpc) is 3.75. The molecule has 3 aliphatic heterocycles. The van der Waals surface area contributed by atoms with E-state index in [0.717, 1.165) is 11.1 Å². The number of hydrogen-bond acceptors (Lipinski definition) is 10. The standard InChI is InChI=1S/C37H52ClN3O10/c1-20-13-12-14-27(48-11)37(46)19-26(49-34(45)39-37)21(2)31-36(7,51-31)28(50-32(43)22(3)40(8)33(44)35(4,5)6)18-29(42)41(9)24-16-23(15-20)17-25(47-10)30(24)38/h12-14,16-17,21-22,26-28,31,46H,15,18-19H2,1-11H3,(H,39,45)/b14-12+,20-13+/t21-,22+,26+,27-,28+,31+,36+,37+/m0/s1. The van der Waals surface area contributed by atoms with Gasteiger partial charge >= 0.3 is 12.1 Å². The zero-order valence-electron chi connectivity index (χ0n) is 31.4. The number of anilines is 1. The number of epoxide rings is 1. The van der Waals surface area contributed by atoms with E-state index in [0.29, 0.717) is 17.9 Å². The second-order valence-electron chi connectivity index (χ2n) is 15.1. The maximum atomic E-state index is 14.1. The molecule has 8 atom stereocenters. The fraction of sp³-hybridized carbons (Fsp3) is 0.622. The number of ether oxygens (including phenoxy) is 5. The fourth-order valence-corrected chi connectivity index (χ4v) is 7.02. The minimum absolute atomic E-state index is 0.0472. The monoisotopic (exact) mass is 733 g/mol. The number of carbonyl (C=O) groups excluding carboxylic acids is 4. The van der Waals surface area contributed by atoms with Crippen molar-refractivity contribution < 1.29 is 48.0 Å². The summed E-state index contributed by atoms with van der Waals surface area (Å²) in [7, 11) is 6.03. The van der Waals surface area contributed by atoms with E-state index < -0.39 is 71.1 Å². The van der Waals surface area contributed by atoms with Gasteiger partial charge in [-0.1, -0.05) is 63.1 Å². The number of rotatable bonds is 5. The highest BCUT2D eigenvalue weighted by molar-refractivity contribution is 6.35. The molecular formula is C37H52ClN3O10. The summed E-state index contributed by atoms with van der Waals surface area (Å²) in [6.45, 7) is 12.3. The van der Waals surface area contributed by atoms with E-state index in [9.17, 15) is 24.3 Å². The van der Waals surface area contributed by atoms with Crippen molar-refractivity contribution in [1.29, 1.82) is 0 Å². The zero-order chi connectivity index (χ0) is 38.2. The molecule has 13 nitrogen and oxygen atoms in total. The number of amides is 3. The van der Waals surface area contributed by atoms with Crippen molar-refractivity contribution >= 4 is 41.2 Å². The minimum Gasteiger partial charge on any atom is -0.495 e. The Kier molecular flexibility index (Phi) is 11.9. The largest absolute Gasteiger partial charge is 0.495 e. The molecule has 282 valence electrons. The summed E-state index contributed by atoms with van der Waals surface area (Å²) in [5.74, 6) is -1.56. The second kappa shape index (κ2) is 15.1. The van der Waals surface area contributed by atoms with Crippen molar-refractivity contribution in [2.24, 2.45) is 11.3 Å². The quantitative estimate of drug-likeness (QED) is 0.325. The molecule has 4 bridgehead atoms. The summed E-state index contributed by atoms with van der Waals surface area (Å²) >= 11 is 6.75. The van der Waals surface area contributed by atoms with Crippen LogP contribution in [0.2, 0.25) is 5.02 Å². The third-order valence-corrected chi connectivity index (χ3v) is 10.5. The lowest BCUT2D eigenvalue weighted by molar-refractivity contribution is -0.163. The van der Waals surface area contributed by atoms with Crippen molar-refractivity contribution in [2.45, 2.75) is 110 Å². The van der Waals surface area contributed by atoms with Crippen LogP contribution in [0.4, 0.5) is 10.5 Å². The number of esters is 1. The van der Waals surface area contributed by atoms with E-state index >= 15 is 0 Å². The predicted octanol–water partition coefficient (Wildman–Crippen LogP) is 4.56. The molecule has 2 saturated heterocycles. The molecular weight excluding hydrogens is 682 g/mol. The zero-order valence-corrected chi connectivity index (χ0v) is 32.1. The minimum atomic E-state index is -1.82. The molecule has 3 aliphatic rings. The van der Waals surface area contributed by atoms with E-state index in [1.807, 2.05) is 13.0 Å². The number of fused-ring (bicyclic) bond motifs is 5. The number of nitrogens with one attached hydrogen (secondary N) is 1. The number of halogens is 1. The Hall–Kier alpha value is -3.65. The highest BCUT2D eigenvalue weighted by Gasteiger charge is 2.64. The predicted molar refractivity (Wildman–Crippen MR) is 190 cm³/mol. The van der Waals surface area contributed by atoms with Gasteiger partial charge in [-0.05, 0) is 44.9 Å². The van der Waals surface area contributed by atoms with Crippen LogP contribution in [0.1, 0.15) is 66.9 Å². The molecule has 51 heavy (non-hydrogen) atoms. The van der Waals surface area contributed by atoms with Gasteiger partial charge in [-0.25, -0.2) is 9.59 Å². The lowest BCUT2D eigenvalue weighted by atomic mass is 9.83. The Bertz CT molecular complexity index is 1590. The van der Waals surface area contributed by atoms with Gasteiger partial charge in [0.05, 0.1) is 25.3 Å². The van der Waals surface area contributed by atoms with Crippen LogP contribution >= 0.6 is 11.6 Å². The number of carbonyl (C=O) groups is 4. The summed E-state index contributed by atoms with van der Waals surface area (Å²) < 4.78 is 29.2. The van der Waals surface area contributed by atoms with Gasteiger partial charge in [-0.2, -0.15) is 0 Å². The van der Waals surface area contributed by atoms with Crippen molar-refractivity contribution in [2.75, 3.05) is 33.2 Å². The van der Waals surface area contributed by atoms with Gasteiger partial charge in [0.25, 0.3) is 0 Å². The highest BCUT2D eigenvalue weighted by atomic mass is 35.5. The van der Waals surface area contributed by atoms with E-state index in [-0.39, 0.29) is 23.8 Å². The first kappa shape index (κ1) is 40.1. The van der Waals surface area contributed by atoms with E-state index in [4.69, 9.17) is 35.3 Å². The summed E-state index contributed by atoms with van der Waals surface area (Å²) in [6, 6.07) is 2.61. The molecule has 0 aromatic heterocycles. The first-order valence-corrected chi connectivity index (χ1v) is 17.4. The topological polar surface area (TPSA) is 156 Å². The van der Waals surface area contributed by atoms with Crippen molar-refractivity contribution in [3.05, 3.63) is 46.5 Å². The average molecular weight is 734 g/mol. The molecule has 0 unspecified atom stereocenters. The van der Waals surface area contributed by atoms with Crippen LogP contribution in [0.5, 0.6) is 5.75 Å². The van der Waals surface area contributed by atoms with Crippen LogP contribution in [0.15, 0.2) is 35.9 Å². The molecule has 0 radical (unpaired) electrons. The molecule has 4 rings (SSSR count). The number of alkyl carbamates (subject to hydrolysis) is 1. The van der Waals surface area contributed by atoms with Crippen LogP contribution in [-0.2, 0) is 39.8 Å². The number of benzene rings is 1. The number of methoxy groups -OCH3 is 2. The van der Waals surface area contributed by atoms with Crippen molar-refractivity contribution in [3.63, 3.8) is 0 Å². The van der Waals surface area contributed by atoms with Crippen molar-refractivity contribution in [1.82, 2.24) is 10.2 Å². The van der Waals surface area contributed by atoms with Crippen LogP contribution in [0.25, 0.3) is 0 Å². The molecule has 0 aliphatic carbocycles. The summed E-state index contributed by atoms with van der Waals surface area (Å²) in [5.41, 5.74) is -1.64. The van der Waals surface area contributed by atoms with Crippen LogP contribution < -0.4 is 15.0 Å². The van der Waals surface area contributed by atoms with Gasteiger partial charge in [0.1, 0.15) is 40.7 Å². The molecule has 2 fully saturated rings. The van der Waals surface area contributed by atoms with Gasteiger partial charge in [-0.3, -0.25) is 14.9 Å². The Labute approximate surface area is 305 Å². The Morgan fingerprint density at radius 1 is 1.22 bits per heavy atom. The summed E-state index contributed by atoms with van der Waals surface area (Å²) in [4.78, 5) is 56.3. The Morgan fingerprint density at radius 2 is 1.88 bits per heavy atom. The van der Waals surface area contributed by atoms with Gasteiger partial charge < -0.3 is 38.6 Å². The normalized spacial score (nSPS) is 32.3. The number of allylic oxidation sites excluding steroid dienone is 3. The number of likely N-dealkylation sites (N-methyl/N-ethyl adjacent to an activating group) is 1. The smallest absolute Gasteiger partial charge is 0.409 e. The Balaban J connectivity index is 1.78. The maximum absolute atomic E-state index is 14.1. The highest BCUT2D eigenvalue weighted by Crippen LogP contribution is 2.49. The van der Waals surface area contributed by atoms with Gasteiger partial charge in [0, 0.05) is 39.0 Å². The molecule has 2 N–H and O–H groups in total. The number of aliphatic hydroxyl groups is 1. The molecule has 3 amide bonds. The van der Waals surface area contributed by atoms with Gasteiger partial charge in [-0.15, -0.1) is 0 Å². The van der Waals surface area contributed by atoms with Crippen LogP contribution in [0, 0.1) is 11.3 Å². The van der Waals surface area contributed by atoms with Gasteiger partial charge in [0.2, 0.25) is 11.8 Å². The first-order chi connectivity index (χ1) is 23.7. The SMILES string of the molecule is COc1cc2cc(c1Cl)N(C)C(=O)C[C@@H](OC(=O)[C@@H](C)N(C)C(=O)C(C)(C)C)[C@@]1(C)O[C@@H]1[C@@H](C)[C@H]1C[C@](O)(NC(=O)O1)[C@@H](OC)/C=C/C=C(\C)C2. The summed E-state index contributed by atoms with van der Waals surface area (Å²) in [6.07, 6.45) is 0.973. The third-order valence-electron chi connectivity index (χ3n) is 10.1. The lowest BCUT2D eigenvalue weighted by Crippen LogP contribution is -2.63. The van der Waals surface area contributed by atoms with Gasteiger partial charge in [0.15, 0.2) is 5.72 Å². The molecule has 0 spiro atoms. The molecule has 14 heteroatoms. The Morgan fingerprint density at radius 3 is 2.49 bits per heavy atom.